The molecule has 1 saturated heterocycles. The van der Waals surface area contributed by atoms with Gasteiger partial charge in [-0.1, -0.05) is 12.1 Å². The zero-order valence-corrected chi connectivity index (χ0v) is 18.0. The van der Waals surface area contributed by atoms with Crippen LogP contribution in [0.5, 0.6) is 5.75 Å². The molecule has 8 heteroatoms. The smallest absolute Gasteiger partial charge is 0.416 e. The Morgan fingerprint density at radius 2 is 1.66 bits per heavy atom. The number of nitrogens with zero attached hydrogens (tertiary/aromatic N) is 1. The molecule has 1 heterocycles. The van der Waals surface area contributed by atoms with E-state index in [-0.39, 0.29) is 23.3 Å². The molecule has 1 fully saturated rings. The molecule has 0 radical (unpaired) electrons. The summed E-state index contributed by atoms with van der Waals surface area (Å²) in [7, 11) is 1.62. The van der Waals surface area contributed by atoms with Gasteiger partial charge in [0.2, 0.25) is 5.91 Å². The maximum absolute atomic E-state index is 12.7. The van der Waals surface area contributed by atoms with Crippen molar-refractivity contribution in [1.82, 2.24) is 10.2 Å². The van der Waals surface area contributed by atoms with Gasteiger partial charge in [0.05, 0.1) is 12.7 Å². The summed E-state index contributed by atoms with van der Waals surface area (Å²) < 4.78 is 43.2. The van der Waals surface area contributed by atoms with Gasteiger partial charge in [0.1, 0.15) is 5.75 Å². The SMILES string of the molecule is COc1ccc(CCCNC(=O)C2CCN(C(=O)c3ccc(C(F)(F)F)cc3)CC2)cc1. The number of hydrogen-bond donors (Lipinski definition) is 1. The second kappa shape index (κ2) is 10.5. The monoisotopic (exact) mass is 448 g/mol. The van der Waals surface area contributed by atoms with Gasteiger partial charge in [0, 0.05) is 31.1 Å². The summed E-state index contributed by atoms with van der Waals surface area (Å²) in [6.07, 6.45) is -1.68. The minimum atomic E-state index is -4.43. The fourth-order valence-corrected chi connectivity index (χ4v) is 3.77. The van der Waals surface area contributed by atoms with Gasteiger partial charge >= 0.3 is 6.18 Å². The summed E-state index contributed by atoms with van der Waals surface area (Å²) in [5, 5.41) is 2.97. The molecule has 0 bridgehead atoms. The Hall–Kier alpha value is -3.03. The number of nitrogens with one attached hydrogen (secondary N) is 1. The molecule has 0 spiro atoms. The molecule has 0 unspecified atom stereocenters. The van der Waals surface area contributed by atoms with Crippen LogP contribution in [0.25, 0.3) is 0 Å². The largest absolute Gasteiger partial charge is 0.497 e. The number of alkyl halides is 3. The van der Waals surface area contributed by atoms with E-state index in [1.807, 2.05) is 24.3 Å². The lowest BCUT2D eigenvalue weighted by Crippen LogP contribution is -2.43. The molecule has 2 aromatic carbocycles. The first kappa shape index (κ1) is 23.6. The third-order valence-corrected chi connectivity index (χ3v) is 5.71. The molecule has 1 aliphatic heterocycles. The molecule has 32 heavy (non-hydrogen) atoms. The van der Waals surface area contributed by atoms with Gasteiger partial charge in [0.15, 0.2) is 0 Å². The zero-order valence-electron chi connectivity index (χ0n) is 18.0. The third kappa shape index (κ3) is 6.24. The predicted molar refractivity (Wildman–Crippen MR) is 114 cm³/mol. The van der Waals surface area contributed by atoms with Crippen LogP contribution in [-0.2, 0) is 17.4 Å². The van der Waals surface area contributed by atoms with Crippen LogP contribution < -0.4 is 10.1 Å². The Bertz CT molecular complexity index is 904. The first-order chi connectivity index (χ1) is 15.3. The number of benzene rings is 2. The van der Waals surface area contributed by atoms with Crippen molar-refractivity contribution in [2.24, 2.45) is 5.92 Å². The molecular formula is C24H27F3N2O3. The Labute approximate surface area is 185 Å². The standard InChI is InChI=1S/C24H27F3N2O3/c1-32-21-10-4-17(5-11-21)3-2-14-28-22(30)18-12-15-29(16-13-18)23(31)19-6-8-20(9-7-19)24(25,26)27/h4-11,18H,2-3,12-16H2,1H3,(H,28,30). The van der Waals surface area contributed by atoms with Crippen molar-refractivity contribution in [3.63, 3.8) is 0 Å². The second-order valence-electron chi connectivity index (χ2n) is 7.88. The van der Waals surface area contributed by atoms with Gasteiger partial charge in [-0.2, -0.15) is 13.2 Å². The number of ether oxygens (including phenoxy) is 1. The Kier molecular flexibility index (Phi) is 7.77. The number of halogens is 3. The molecule has 0 aromatic heterocycles. The molecular weight excluding hydrogens is 421 g/mol. The van der Waals surface area contributed by atoms with Crippen LogP contribution in [0.1, 0.15) is 40.7 Å². The van der Waals surface area contributed by atoms with Gasteiger partial charge < -0.3 is 15.0 Å². The van der Waals surface area contributed by atoms with E-state index >= 15 is 0 Å². The lowest BCUT2D eigenvalue weighted by Gasteiger charge is -2.31. The highest BCUT2D eigenvalue weighted by Gasteiger charge is 2.31. The quantitative estimate of drug-likeness (QED) is 0.642. The van der Waals surface area contributed by atoms with Gasteiger partial charge in [-0.15, -0.1) is 0 Å². The fourth-order valence-electron chi connectivity index (χ4n) is 3.77. The minimum absolute atomic E-state index is 0.0126. The van der Waals surface area contributed by atoms with Crippen LogP contribution in [-0.4, -0.2) is 43.5 Å². The molecule has 2 aromatic rings. The van der Waals surface area contributed by atoms with Gasteiger partial charge in [-0.25, -0.2) is 0 Å². The molecule has 1 aliphatic rings. The van der Waals surface area contributed by atoms with Crippen LogP contribution >= 0.6 is 0 Å². The van der Waals surface area contributed by atoms with Crippen LogP contribution in [0.15, 0.2) is 48.5 Å². The van der Waals surface area contributed by atoms with Crippen molar-refractivity contribution >= 4 is 11.8 Å². The average Bonchev–Trinajstić information content (AvgIpc) is 2.81. The second-order valence-corrected chi connectivity index (χ2v) is 7.88. The van der Waals surface area contributed by atoms with E-state index in [1.54, 1.807) is 12.0 Å². The lowest BCUT2D eigenvalue weighted by atomic mass is 9.95. The summed E-state index contributed by atoms with van der Waals surface area (Å²) in [4.78, 5) is 26.6. The van der Waals surface area contributed by atoms with Gasteiger partial charge in [-0.3, -0.25) is 9.59 Å². The van der Waals surface area contributed by atoms with Crippen molar-refractivity contribution in [2.75, 3.05) is 26.7 Å². The topological polar surface area (TPSA) is 58.6 Å². The number of aryl methyl sites for hydroxylation is 1. The number of amides is 2. The number of methoxy groups -OCH3 is 1. The Morgan fingerprint density at radius 3 is 2.22 bits per heavy atom. The summed E-state index contributed by atoms with van der Waals surface area (Å²) in [6, 6.07) is 12.1. The molecule has 0 aliphatic carbocycles. The first-order valence-electron chi connectivity index (χ1n) is 10.6. The van der Waals surface area contributed by atoms with E-state index in [4.69, 9.17) is 4.74 Å². The third-order valence-electron chi connectivity index (χ3n) is 5.71. The molecule has 1 N–H and O–H groups in total. The molecule has 5 nitrogen and oxygen atoms in total. The minimum Gasteiger partial charge on any atom is -0.497 e. The predicted octanol–water partition coefficient (Wildman–Crippen LogP) is 4.32. The van der Waals surface area contributed by atoms with E-state index in [0.717, 1.165) is 30.7 Å². The van der Waals surface area contributed by atoms with Gasteiger partial charge in [0.25, 0.3) is 5.91 Å². The summed E-state index contributed by atoms with van der Waals surface area (Å²) >= 11 is 0. The highest BCUT2D eigenvalue weighted by atomic mass is 19.4. The maximum Gasteiger partial charge on any atom is 0.416 e. The van der Waals surface area contributed by atoms with E-state index in [1.165, 1.54) is 17.7 Å². The zero-order chi connectivity index (χ0) is 23.1. The molecule has 0 atom stereocenters. The molecule has 3 rings (SSSR count). The van der Waals surface area contributed by atoms with Crippen molar-refractivity contribution in [1.29, 1.82) is 0 Å². The molecule has 2 amide bonds. The van der Waals surface area contributed by atoms with Gasteiger partial charge in [-0.05, 0) is 67.6 Å². The van der Waals surface area contributed by atoms with E-state index in [9.17, 15) is 22.8 Å². The normalized spacial score (nSPS) is 14.8. The van der Waals surface area contributed by atoms with Crippen molar-refractivity contribution < 1.29 is 27.5 Å². The summed E-state index contributed by atoms with van der Waals surface area (Å²) in [5.74, 6) is 0.330. The summed E-state index contributed by atoms with van der Waals surface area (Å²) in [6.45, 7) is 1.39. The fraction of sp³-hybridized carbons (Fsp3) is 0.417. The van der Waals surface area contributed by atoms with Crippen molar-refractivity contribution in [3.8, 4) is 5.75 Å². The van der Waals surface area contributed by atoms with Crippen molar-refractivity contribution in [2.45, 2.75) is 31.9 Å². The number of carbonyl (C=O) groups is 2. The number of carbonyl (C=O) groups excluding carboxylic acids is 2. The van der Waals surface area contributed by atoms with Crippen LogP contribution in [0.2, 0.25) is 0 Å². The van der Waals surface area contributed by atoms with Crippen LogP contribution in [0.4, 0.5) is 13.2 Å². The lowest BCUT2D eigenvalue weighted by molar-refractivity contribution is -0.137. The number of piperidine rings is 1. The molecule has 172 valence electrons. The van der Waals surface area contributed by atoms with Crippen LogP contribution in [0.3, 0.4) is 0 Å². The highest BCUT2D eigenvalue weighted by Crippen LogP contribution is 2.29. The van der Waals surface area contributed by atoms with E-state index in [0.29, 0.717) is 32.5 Å². The average molecular weight is 448 g/mol. The molecule has 0 saturated carbocycles. The Balaban J connectivity index is 1.39. The number of rotatable bonds is 7. The Morgan fingerprint density at radius 1 is 1.03 bits per heavy atom. The van der Waals surface area contributed by atoms with Crippen LogP contribution in [0, 0.1) is 5.92 Å². The highest BCUT2D eigenvalue weighted by molar-refractivity contribution is 5.94. The van der Waals surface area contributed by atoms with E-state index in [2.05, 4.69) is 5.32 Å². The summed E-state index contributed by atoms with van der Waals surface area (Å²) in [5.41, 5.74) is 0.617. The first-order valence-corrected chi connectivity index (χ1v) is 10.6. The van der Waals surface area contributed by atoms with E-state index < -0.39 is 11.7 Å². The number of hydrogen-bond acceptors (Lipinski definition) is 3. The van der Waals surface area contributed by atoms with Crippen molar-refractivity contribution in [3.05, 3.63) is 65.2 Å². The maximum atomic E-state index is 12.7. The number of likely N-dealkylation sites (tertiary alicyclic amines) is 1.